The molecule has 1 N–H and O–H groups in total. The molecule has 0 radical (unpaired) electrons. The maximum Gasteiger partial charge on any atom is 0.183 e. The van der Waals surface area contributed by atoms with E-state index in [1.807, 2.05) is 0 Å². The van der Waals surface area contributed by atoms with Crippen LogP contribution in [0.5, 0.6) is 0 Å². The highest BCUT2D eigenvalue weighted by Crippen LogP contribution is 2.28. The highest BCUT2D eigenvalue weighted by Gasteiger charge is 2.33. The number of hydrogen-bond donors (Lipinski definition) is 1. The molecule has 1 aliphatic carbocycles. The molecule has 0 aliphatic heterocycles. The lowest BCUT2D eigenvalue weighted by Crippen LogP contribution is -2.35. The van der Waals surface area contributed by atoms with Crippen molar-refractivity contribution < 1.29 is 13.5 Å². The van der Waals surface area contributed by atoms with Gasteiger partial charge in [0.15, 0.2) is 9.84 Å². The molecule has 19 heavy (non-hydrogen) atoms. The molecule has 1 fully saturated rings. The summed E-state index contributed by atoms with van der Waals surface area (Å²) in [6.45, 7) is 0. The van der Waals surface area contributed by atoms with Gasteiger partial charge in [-0.25, -0.2) is 8.42 Å². The molecule has 1 aromatic rings. The fourth-order valence-electron chi connectivity index (χ4n) is 2.59. The van der Waals surface area contributed by atoms with Crippen molar-refractivity contribution in [2.75, 3.05) is 0 Å². The lowest BCUT2D eigenvalue weighted by molar-refractivity contribution is 0.144. The summed E-state index contributed by atoms with van der Waals surface area (Å²) in [5.41, 5.74) is 0. The van der Waals surface area contributed by atoms with E-state index in [1.54, 1.807) is 24.3 Å². The van der Waals surface area contributed by atoms with Crippen LogP contribution < -0.4 is 0 Å². The Morgan fingerprint density at radius 1 is 1.00 bits per heavy atom. The smallest absolute Gasteiger partial charge is 0.183 e. The Morgan fingerprint density at radius 3 is 2.21 bits per heavy atom. The minimum Gasteiger partial charge on any atom is -0.392 e. The van der Waals surface area contributed by atoms with Crippen LogP contribution in [0.1, 0.15) is 38.5 Å². The second-order valence-electron chi connectivity index (χ2n) is 5.10. The molecule has 1 aromatic carbocycles. The van der Waals surface area contributed by atoms with Crippen molar-refractivity contribution in [2.24, 2.45) is 0 Å². The van der Waals surface area contributed by atoms with Crippen LogP contribution in [0.25, 0.3) is 0 Å². The molecular weight excluding hydrogens is 328 g/mol. The topological polar surface area (TPSA) is 54.4 Å². The molecule has 0 spiro atoms. The molecule has 106 valence electrons. The van der Waals surface area contributed by atoms with E-state index in [-0.39, 0.29) is 0 Å². The van der Waals surface area contributed by atoms with Gasteiger partial charge in [-0.15, -0.1) is 0 Å². The zero-order valence-corrected chi connectivity index (χ0v) is 13.2. The number of sulfone groups is 1. The number of halogens is 1. The first-order valence-electron chi connectivity index (χ1n) is 6.69. The molecule has 2 rings (SSSR count). The Hall–Kier alpha value is -0.390. The van der Waals surface area contributed by atoms with E-state index in [9.17, 15) is 13.5 Å². The second-order valence-corrected chi connectivity index (χ2v) is 8.18. The minimum absolute atomic E-state index is 0.306. The molecule has 5 heteroatoms. The van der Waals surface area contributed by atoms with Gasteiger partial charge in [0, 0.05) is 4.47 Å². The Bertz CT molecular complexity index is 510. The molecule has 0 amide bonds. The van der Waals surface area contributed by atoms with Crippen molar-refractivity contribution in [2.45, 2.75) is 54.8 Å². The second kappa shape index (κ2) is 6.37. The quantitative estimate of drug-likeness (QED) is 0.893. The fourth-order valence-corrected chi connectivity index (χ4v) is 4.75. The van der Waals surface area contributed by atoms with Crippen LogP contribution >= 0.6 is 15.9 Å². The summed E-state index contributed by atoms with van der Waals surface area (Å²) in [5, 5.41) is 9.48. The maximum absolute atomic E-state index is 12.6. The molecule has 1 saturated carbocycles. The average Bonchev–Trinajstić information content (AvgIpc) is 2.34. The molecule has 0 saturated heterocycles. The predicted octanol–water partition coefficient (Wildman–Crippen LogP) is 3.31. The van der Waals surface area contributed by atoms with Gasteiger partial charge < -0.3 is 5.11 Å². The van der Waals surface area contributed by atoms with Gasteiger partial charge in [0.1, 0.15) is 0 Å². The van der Waals surface area contributed by atoms with Gasteiger partial charge >= 0.3 is 0 Å². The summed E-state index contributed by atoms with van der Waals surface area (Å²) in [7, 11) is -3.44. The molecule has 0 heterocycles. The number of aliphatic hydroxyl groups is 1. The van der Waals surface area contributed by atoms with E-state index in [2.05, 4.69) is 15.9 Å². The van der Waals surface area contributed by atoms with Crippen molar-refractivity contribution in [1.29, 1.82) is 0 Å². The molecule has 0 aromatic heterocycles. The van der Waals surface area contributed by atoms with Crippen molar-refractivity contribution >= 4 is 25.8 Å². The third-order valence-electron chi connectivity index (χ3n) is 3.71. The van der Waals surface area contributed by atoms with Gasteiger partial charge in [0.25, 0.3) is 0 Å². The Morgan fingerprint density at radius 2 is 1.58 bits per heavy atom. The predicted molar refractivity (Wildman–Crippen MR) is 78.8 cm³/mol. The minimum atomic E-state index is -3.44. The van der Waals surface area contributed by atoms with Gasteiger partial charge in [-0.3, -0.25) is 0 Å². The van der Waals surface area contributed by atoms with E-state index in [4.69, 9.17) is 0 Å². The van der Waals surface area contributed by atoms with Crippen LogP contribution in [-0.2, 0) is 9.84 Å². The molecule has 0 bridgehead atoms. The lowest BCUT2D eigenvalue weighted by Gasteiger charge is -2.25. The van der Waals surface area contributed by atoms with Gasteiger partial charge in [-0.1, -0.05) is 41.6 Å². The van der Waals surface area contributed by atoms with Crippen molar-refractivity contribution in [3.63, 3.8) is 0 Å². The number of rotatable bonds is 2. The molecule has 3 nitrogen and oxygen atoms in total. The zero-order chi connectivity index (χ0) is 13.9. The van der Waals surface area contributed by atoms with Crippen LogP contribution in [0, 0.1) is 0 Å². The number of aliphatic hydroxyl groups excluding tert-OH is 1. The van der Waals surface area contributed by atoms with Crippen LogP contribution in [0.4, 0.5) is 0 Å². The van der Waals surface area contributed by atoms with E-state index < -0.39 is 21.2 Å². The Balaban J connectivity index is 2.28. The Labute approximate surface area is 123 Å². The van der Waals surface area contributed by atoms with Gasteiger partial charge in [-0.05, 0) is 37.1 Å². The maximum atomic E-state index is 12.6. The highest BCUT2D eigenvalue weighted by molar-refractivity contribution is 9.10. The fraction of sp³-hybridized carbons (Fsp3) is 0.571. The monoisotopic (exact) mass is 346 g/mol. The highest BCUT2D eigenvalue weighted by atomic mass is 79.9. The summed E-state index contributed by atoms with van der Waals surface area (Å²) < 4.78 is 26.0. The van der Waals surface area contributed by atoms with Crippen molar-refractivity contribution in [3.05, 3.63) is 28.7 Å². The average molecular weight is 347 g/mol. The zero-order valence-electron chi connectivity index (χ0n) is 10.8. The van der Waals surface area contributed by atoms with E-state index in [0.717, 1.165) is 30.2 Å². The van der Waals surface area contributed by atoms with Gasteiger partial charge in [0.2, 0.25) is 0 Å². The first kappa shape index (κ1) is 15.0. The van der Waals surface area contributed by atoms with Crippen molar-refractivity contribution in [3.8, 4) is 0 Å². The van der Waals surface area contributed by atoms with Gasteiger partial charge in [0.05, 0.1) is 16.2 Å². The summed E-state index contributed by atoms with van der Waals surface area (Å²) in [6.07, 6.45) is 4.32. The van der Waals surface area contributed by atoms with E-state index in [1.165, 1.54) is 0 Å². The SMILES string of the molecule is O=S(=O)(c1ccc(Br)cc1)C1CCCCCCC1O. The third kappa shape index (κ3) is 3.58. The van der Waals surface area contributed by atoms with Crippen LogP contribution in [0.2, 0.25) is 0 Å². The van der Waals surface area contributed by atoms with Crippen LogP contribution in [0.3, 0.4) is 0 Å². The van der Waals surface area contributed by atoms with Crippen LogP contribution in [0.15, 0.2) is 33.6 Å². The number of benzene rings is 1. The summed E-state index contributed by atoms with van der Waals surface area (Å²) in [5.74, 6) is 0. The number of hydrogen-bond acceptors (Lipinski definition) is 3. The standard InChI is InChI=1S/C14H19BrO3S/c15-11-7-9-12(10-8-11)19(17,18)14-6-4-2-1-3-5-13(14)16/h7-10,13-14,16H,1-6H2. The van der Waals surface area contributed by atoms with E-state index >= 15 is 0 Å². The summed E-state index contributed by atoms with van der Waals surface area (Å²) >= 11 is 3.30. The largest absolute Gasteiger partial charge is 0.392 e. The molecule has 2 atom stereocenters. The van der Waals surface area contributed by atoms with Crippen LogP contribution in [-0.4, -0.2) is 24.9 Å². The summed E-state index contributed by atoms with van der Waals surface area (Å²) in [6, 6.07) is 6.65. The Kier molecular flexibility index (Phi) is 5.03. The first-order valence-corrected chi connectivity index (χ1v) is 9.03. The third-order valence-corrected chi connectivity index (χ3v) is 6.51. The molecule has 2 unspecified atom stereocenters. The lowest BCUT2D eigenvalue weighted by atomic mass is 9.98. The normalized spacial score (nSPS) is 25.6. The van der Waals surface area contributed by atoms with E-state index in [0.29, 0.717) is 17.7 Å². The molecule has 1 aliphatic rings. The molecular formula is C14H19BrO3S. The van der Waals surface area contributed by atoms with Crippen molar-refractivity contribution in [1.82, 2.24) is 0 Å². The summed E-state index contributed by atoms with van der Waals surface area (Å²) in [4.78, 5) is 0.306. The first-order chi connectivity index (χ1) is 9.01. The van der Waals surface area contributed by atoms with Gasteiger partial charge in [-0.2, -0.15) is 0 Å².